The molecule has 11 heavy (non-hydrogen) atoms. The van der Waals surface area contributed by atoms with Gasteiger partial charge < -0.3 is 5.43 Å². The molecule has 0 amide bonds. The first-order valence-electron chi connectivity index (χ1n) is 3.27. The number of hydrazine groups is 3. The molecule has 1 aliphatic rings. The molecule has 0 spiro atoms. The molecule has 0 aromatic carbocycles. The number of nitrogens with one attached hydrogen (secondary N) is 3. The smallest absolute Gasteiger partial charge is 0.158 e. The Labute approximate surface area is 70.1 Å². The number of nitrogens with zero attached hydrogens (tertiary/aromatic N) is 2. The van der Waals surface area contributed by atoms with E-state index in [1.165, 1.54) is 5.12 Å². The van der Waals surface area contributed by atoms with Crippen molar-refractivity contribution in [1.82, 2.24) is 21.0 Å². The van der Waals surface area contributed by atoms with Crippen LogP contribution >= 0.6 is 11.8 Å². The number of halogens is 1. The molecule has 0 atom stereocenters. The van der Waals surface area contributed by atoms with Crippen LogP contribution < -0.4 is 15.9 Å². The summed E-state index contributed by atoms with van der Waals surface area (Å²) in [5.41, 5.74) is 5.47. The third-order valence-electron chi connectivity index (χ3n) is 1.13. The lowest BCUT2D eigenvalue weighted by molar-refractivity contribution is 0.245. The van der Waals surface area contributed by atoms with Crippen LogP contribution in [0.5, 0.6) is 0 Å². The molecule has 0 aromatic rings. The van der Waals surface area contributed by atoms with E-state index in [1.807, 2.05) is 6.92 Å². The van der Waals surface area contributed by atoms with Gasteiger partial charge in [0.15, 0.2) is 5.84 Å². The fourth-order valence-corrected chi connectivity index (χ4v) is 0.829. The summed E-state index contributed by atoms with van der Waals surface area (Å²) in [7, 11) is 0. The van der Waals surface area contributed by atoms with Crippen LogP contribution in [0.3, 0.4) is 0 Å². The Bertz CT molecular complexity index is 178. The van der Waals surface area contributed by atoms with Gasteiger partial charge in [0.1, 0.15) is 0 Å². The molecule has 0 bridgehead atoms. The molecule has 3 N–H and O–H groups in total. The van der Waals surface area contributed by atoms with Crippen molar-refractivity contribution < 1.29 is 0 Å². The first kappa shape index (κ1) is 8.32. The van der Waals surface area contributed by atoms with Crippen molar-refractivity contribution in [2.75, 3.05) is 6.54 Å². The lowest BCUT2D eigenvalue weighted by Crippen LogP contribution is -2.54. The Morgan fingerprint density at radius 3 is 3.27 bits per heavy atom. The summed E-state index contributed by atoms with van der Waals surface area (Å²) in [5, 5.41) is 1.46. The van der Waals surface area contributed by atoms with Crippen LogP contribution in [0.1, 0.15) is 6.92 Å². The molecule has 0 saturated carbocycles. The molecule has 6 heteroatoms. The van der Waals surface area contributed by atoms with Crippen LogP contribution in [-0.2, 0) is 0 Å². The van der Waals surface area contributed by atoms with Crippen LogP contribution in [0.2, 0.25) is 0 Å². The fourth-order valence-electron chi connectivity index (χ4n) is 0.700. The zero-order valence-corrected chi connectivity index (χ0v) is 6.89. The van der Waals surface area contributed by atoms with Gasteiger partial charge in [-0.1, -0.05) is 0 Å². The zero-order valence-electron chi connectivity index (χ0n) is 6.13. The second-order valence-corrected chi connectivity index (χ2v) is 2.01. The first-order chi connectivity index (χ1) is 5.38. The molecule has 0 aromatic heterocycles. The minimum absolute atomic E-state index is 0.719. The van der Waals surface area contributed by atoms with Crippen LogP contribution in [0, 0.1) is 0 Å². The average Bonchev–Trinajstić information content (AvgIpc) is 2.06. The van der Waals surface area contributed by atoms with Gasteiger partial charge in [0.25, 0.3) is 0 Å². The standard InChI is InChI=1S/C5H10ClN5/c1-2-7-5-3-4-8-10-11(5)9-6/h3-4,8-10H,2H2,1H3. The number of rotatable bonds is 2. The summed E-state index contributed by atoms with van der Waals surface area (Å²) in [4.78, 5) is 6.53. The van der Waals surface area contributed by atoms with Crippen molar-refractivity contribution in [3.63, 3.8) is 0 Å². The van der Waals surface area contributed by atoms with Gasteiger partial charge >= 0.3 is 0 Å². The molecule has 1 heterocycles. The van der Waals surface area contributed by atoms with E-state index in [4.69, 9.17) is 11.8 Å². The molecule has 0 saturated heterocycles. The monoisotopic (exact) mass is 175 g/mol. The Morgan fingerprint density at radius 1 is 1.82 bits per heavy atom. The van der Waals surface area contributed by atoms with Crippen LogP contribution in [0.25, 0.3) is 0 Å². The number of aliphatic imine (C=N–C) groups is 1. The highest BCUT2D eigenvalue weighted by Gasteiger charge is 2.08. The summed E-state index contributed by atoms with van der Waals surface area (Å²) in [6.07, 6.45) is 3.54. The summed E-state index contributed by atoms with van der Waals surface area (Å²) < 4.78 is 0. The van der Waals surface area contributed by atoms with Crippen molar-refractivity contribution in [2.24, 2.45) is 4.99 Å². The van der Waals surface area contributed by atoms with Crippen molar-refractivity contribution in [2.45, 2.75) is 6.92 Å². The zero-order chi connectivity index (χ0) is 8.10. The minimum Gasteiger partial charge on any atom is -0.310 e. The maximum atomic E-state index is 5.37. The molecule has 62 valence electrons. The van der Waals surface area contributed by atoms with E-state index >= 15 is 0 Å². The average molecular weight is 176 g/mol. The van der Waals surface area contributed by atoms with Gasteiger partial charge in [-0.05, 0) is 18.7 Å². The maximum Gasteiger partial charge on any atom is 0.158 e. The molecule has 0 aliphatic carbocycles. The largest absolute Gasteiger partial charge is 0.310 e. The van der Waals surface area contributed by atoms with Crippen LogP contribution in [-0.4, -0.2) is 17.5 Å². The summed E-state index contributed by atoms with van der Waals surface area (Å²) in [5.74, 6) is 0.737. The van der Waals surface area contributed by atoms with Gasteiger partial charge in [-0.15, -0.1) is 10.5 Å². The molecular weight excluding hydrogens is 166 g/mol. The normalized spacial score (nSPS) is 20.5. The van der Waals surface area contributed by atoms with Gasteiger partial charge in [0, 0.05) is 18.8 Å². The van der Waals surface area contributed by atoms with E-state index in [1.54, 1.807) is 12.3 Å². The summed E-state index contributed by atoms with van der Waals surface area (Å²) in [6.45, 7) is 2.67. The highest BCUT2D eigenvalue weighted by atomic mass is 35.5. The minimum atomic E-state index is 0.719. The topological polar surface area (TPSA) is 51.7 Å². The number of amidine groups is 1. The highest BCUT2D eigenvalue weighted by molar-refractivity contribution is 6.14. The predicted molar refractivity (Wildman–Crippen MR) is 44.2 cm³/mol. The van der Waals surface area contributed by atoms with E-state index < -0.39 is 0 Å². The molecule has 5 nitrogen and oxygen atoms in total. The van der Waals surface area contributed by atoms with Gasteiger partial charge in [-0.2, -0.15) is 5.12 Å². The van der Waals surface area contributed by atoms with Gasteiger partial charge in [0.2, 0.25) is 0 Å². The summed E-state index contributed by atoms with van der Waals surface area (Å²) >= 11 is 5.37. The second-order valence-electron chi connectivity index (χ2n) is 1.84. The maximum absolute atomic E-state index is 5.37. The van der Waals surface area contributed by atoms with Crippen LogP contribution in [0.15, 0.2) is 17.3 Å². The molecule has 1 rings (SSSR count). The van der Waals surface area contributed by atoms with Crippen molar-refractivity contribution in [3.8, 4) is 0 Å². The first-order valence-corrected chi connectivity index (χ1v) is 3.65. The van der Waals surface area contributed by atoms with E-state index in [9.17, 15) is 0 Å². The van der Waals surface area contributed by atoms with Crippen molar-refractivity contribution in [3.05, 3.63) is 12.3 Å². The van der Waals surface area contributed by atoms with Gasteiger partial charge in [0.05, 0.1) is 0 Å². The van der Waals surface area contributed by atoms with Crippen LogP contribution in [0.4, 0.5) is 0 Å². The van der Waals surface area contributed by atoms with Gasteiger partial charge in [-0.25, -0.2) is 0 Å². The SMILES string of the molecule is CCN=C1C=CNNN1NCl. The summed E-state index contributed by atoms with van der Waals surface area (Å²) in [6, 6.07) is 0. The Kier molecular flexibility index (Phi) is 3.15. The molecule has 0 radical (unpaired) electrons. The van der Waals surface area contributed by atoms with E-state index in [-0.39, 0.29) is 0 Å². The lowest BCUT2D eigenvalue weighted by Gasteiger charge is -2.24. The van der Waals surface area contributed by atoms with E-state index in [2.05, 4.69) is 20.9 Å². The molecule has 0 unspecified atom stereocenters. The molecule has 1 aliphatic heterocycles. The number of hydrogen-bond acceptors (Lipinski definition) is 4. The fraction of sp³-hybridized carbons (Fsp3) is 0.400. The quantitative estimate of drug-likeness (QED) is 0.514. The lowest BCUT2D eigenvalue weighted by atomic mass is 10.5. The molecule has 0 fully saturated rings. The molecular formula is C5H10ClN5. The highest BCUT2D eigenvalue weighted by Crippen LogP contribution is 1.91. The number of hydrogen-bond donors (Lipinski definition) is 3. The predicted octanol–water partition coefficient (Wildman–Crippen LogP) is -0.0983. The second kappa shape index (κ2) is 4.17. The Hall–Kier alpha value is -0.780. The van der Waals surface area contributed by atoms with Crippen molar-refractivity contribution >= 4 is 17.6 Å². The van der Waals surface area contributed by atoms with Crippen molar-refractivity contribution in [1.29, 1.82) is 0 Å². The third kappa shape index (κ3) is 2.07. The van der Waals surface area contributed by atoms with E-state index in [0.29, 0.717) is 0 Å². The Morgan fingerprint density at radius 2 is 2.64 bits per heavy atom. The van der Waals surface area contributed by atoms with Gasteiger partial charge in [-0.3, -0.25) is 4.99 Å². The Balaban J connectivity index is 2.64. The third-order valence-corrected chi connectivity index (χ3v) is 1.29. The van der Waals surface area contributed by atoms with E-state index in [0.717, 1.165) is 12.4 Å².